The van der Waals surface area contributed by atoms with Crippen molar-refractivity contribution in [3.8, 4) is 0 Å². The van der Waals surface area contributed by atoms with E-state index in [1.54, 1.807) is 20.8 Å². The van der Waals surface area contributed by atoms with Gasteiger partial charge in [0, 0.05) is 25.4 Å². The van der Waals surface area contributed by atoms with E-state index in [1.165, 1.54) is 6.92 Å². The Morgan fingerprint density at radius 3 is 2.43 bits per heavy atom. The molecular formula is C21H31NO6. The van der Waals surface area contributed by atoms with Crippen molar-refractivity contribution in [2.24, 2.45) is 5.92 Å². The predicted molar refractivity (Wildman–Crippen MR) is 103 cm³/mol. The highest BCUT2D eigenvalue weighted by Gasteiger charge is 2.48. The lowest BCUT2D eigenvalue weighted by atomic mass is 9.95. The van der Waals surface area contributed by atoms with Crippen LogP contribution in [-0.2, 0) is 25.6 Å². The SMILES string of the molecule is CC(=O)OC[C@@H]1C[C@H](C(=O)OC(C)(C)C)N(Cc2ccccc2)[C@H]1[C@@H](O)CO. The highest BCUT2D eigenvalue weighted by atomic mass is 16.6. The number of carbonyl (C=O) groups excluding carboxylic acids is 2. The van der Waals surface area contributed by atoms with Crippen molar-refractivity contribution in [3.63, 3.8) is 0 Å². The summed E-state index contributed by atoms with van der Waals surface area (Å²) in [5.74, 6) is -1.11. The monoisotopic (exact) mass is 393 g/mol. The van der Waals surface area contributed by atoms with Crippen LogP contribution in [0.5, 0.6) is 0 Å². The quantitative estimate of drug-likeness (QED) is 0.678. The molecule has 0 unspecified atom stereocenters. The highest BCUT2D eigenvalue weighted by molar-refractivity contribution is 5.77. The van der Waals surface area contributed by atoms with E-state index >= 15 is 0 Å². The summed E-state index contributed by atoms with van der Waals surface area (Å²) in [4.78, 5) is 26.0. The summed E-state index contributed by atoms with van der Waals surface area (Å²) >= 11 is 0. The molecule has 0 saturated carbocycles. The lowest BCUT2D eigenvalue weighted by Gasteiger charge is -2.34. The molecule has 0 radical (unpaired) electrons. The Morgan fingerprint density at radius 2 is 1.89 bits per heavy atom. The number of ether oxygens (including phenoxy) is 2. The van der Waals surface area contributed by atoms with E-state index in [4.69, 9.17) is 9.47 Å². The van der Waals surface area contributed by atoms with E-state index < -0.39 is 36.4 Å². The average Bonchev–Trinajstić information content (AvgIpc) is 2.97. The number of benzene rings is 1. The molecule has 1 heterocycles. The van der Waals surface area contributed by atoms with E-state index in [2.05, 4.69) is 0 Å². The van der Waals surface area contributed by atoms with Gasteiger partial charge in [0.05, 0.1) is 19.3 Å². The molecule has 7 heteroatoms. The molecule has 156 valence electrons. The zero-order valence-electron chi connectivity index (χ0n) is 17.0. The zero-order chi connectivity index (χ0) is 20.9. The molecule has 28 heavy (non-hydrogen) atoms. The standard InChI is InChI=1S/C21H31NO6/c1-14(24)27-13-16-10-17(20(26)28-21(2,3)4)22(19(16)18(25)12-23)11-15-8-6-5-7-9-15/h5-9,16-19,23,25H,10-13H2,1-4H3/t16-,17+,18-,19+/m0/s1. The van der Waals surface area contributed by atoms with Crippen LogP contribution in [0.4, 0.5) is 0 Å². The molecule has 1 aromatic rings. The van der Waals surface area contributed by atoms with Crippen molar-refractivity contribution in [1.29, 1.82) is 0 Å². The number of hydrogen-bond acceptors (Lipinski definition) is 7. The van der Waals surface area contributed by atoms with Crippen molar-refractivity contribution in [1.82, 2.24) is 4.90 Å². The second-order valence-electron chi connectivity index (χ2n) is 8.25. The number of esters is 2. The van der Waals surface area contributed by atoms with Gasteiger partial charge in [-0.05, 0) is 32.8 Å². The van der Waals surface area contributed by atoms with Crippen molar-refractivity contribution >= 4 is 11.9 Å². The maximum atomic E-state index is 12.9. The van der Waals surface area contributed by atoms with Crippen LogP contribution >= 0.6 is 0 Å². The summed E-state index contributed by atoms with van der Waals surface area (Å²) in [6.07, 6.45) is -0.701. The zero-order valence-corrected chi connectivity index (χ0v) is 17.0. The Kier molecular flexibility index (Phi) is 7.57. The van der Waals surface area contributed by atoms with Crippen LogP contribution in [0.1, 0.15) is 39.7 Å². The molecule has 1 fully saturated rings. The number of likely N-dealkylation sites (tertiary alicyclic amines) is 1. The average molecular weight is 393 g/mol. The fourth-order valence-corrected chi connectivity index (χ4v) is 3.69. The van der Waals surface area contributed by atoms with Gasteiger partial charge in [0.2, 0.25) is 0 Å². The van der Waals surface area contributed by atoms with Crippen LogP contribution in [0.25, 0.3) is 0 Å². The van der Waals surface area contributed by atoms with Gasteiger partial charge in [-0.2, -0.15) is 0 Å². The lowest BCUT2D eigenvalue weighted by Crippen LogP contribution is -2.49. The van der Waals surface area contributed by atoms with Gasteiger partial charge in [-0.25, -0.2) is 0 Å². The van der Waals surface area contributed by atoms with Crippen LogP contribution in [0.15, 0.2) is 30.3 Å². The number of aliphatic hydroxyl groups is 2. The van der Waals surface area contributed by atoms with Gasteiger partial charge < -0.3 is 19.7 Å². The Bertz CT molecular complexity index is 657. The van der Waals surface area contributed by atoms with Crippen molar-refractivity contribution in [2.45, 2.75) is 64.4 Å². The molecule has 1 saturated heterocycles. The predicted octanol–water partition coefficient (Wildman–Crippen LogP) is 1.50. The molecule has 2 rings (SSSR count). The van der Waals surface area contributed by atoms with Gasteiger partial charge in [0.15, 0.2) is 0 Å². The number of rotatable bonds is 7. The molecule has 1 aliphatic rings. The van der Waals surface area contributed by atoms with Crippen molar-refractivity contribution in [2.75, 3.05) is 13.2 Å². The number of aliphatic hydroxyl groups excluding tert-OH is 2. The Morgan fingerprint density at radius 1 is 1.25 bits per heavy atom. The van der Waals surface area contributed by atoms with Crippen LogP contribution < -0.4 is 0 Å². The Labute approximate surface area is 166 Å². The van der Waals surface area contributed by atoms with Crippen molar-refractivity contribution in [3.05, 3.63) is 35.9 Å². The van der Waals surface area contributed by atoms with Gasteiger partial charge in [-0.3, -0.25) is 14.5 Å². The second-order valence-corrected chi connectivity index (χ2v) is 8.25. The van der Waals surface area contributed by atoms with Crippen LogP contribution in [0.2, 0.25) is 0 Å². The van der Waals surface area contributed by atoms with Crippen LogP contribution in [0, 0.1) is 5.92 Å². The third-order valence-electron chi connectivity index (χ3n) is 4.76. The molecule has 1 aromatic carbocycles. The summed E-state index contributed by atoms with van der Waals surface area (Å²) in [5.41, 5.74) is 0.327. The summed E-state index contributed by atoms with van der Waals surface area (Å²) in [7, 11) is 0. The number of nitrogens with zero attached hydrogens (tertiary/aromatic N) is 1. The van der Waals surface area contributed by atoms with Gasteiger partial charge in [0.25, 0.3) is 0 Å². The maximum absolute atomic E-state index is 12.9. The first-order valence-electron chi connectivity index (χ1n) is 9.57. The van der Waals surface area contributed by atoms with Gasteiger partial charge in [-0.15, -0.1) is 0 Å². The van der Waals surface area contributed by atoms with E-state index in [0.29, 0.717) is 13.0 Å². The number of hydrogen-bond donors (Lipinski definition) is 2. The van der Waals surface area contributed by atoms with E-state index in [-0.39, 0.29) is 18.5 Å². The first kappa shape index (κ1) is 22.3. The summed E-state index contributed by atoms with van der Waals surface area (Å²) < 4.78 is 10.8. The molecule has 0 amide bonds. The second kappa shape index (κ2) is 9.49. The molecule has 4 atom stereocenters. The highest BCUT2D eigenvalue weighted by Crippen LogP contribution is 2.35. The summed E-state index contributed by atoms with van der Waals surface area (Å²) in [6.45, 7) is 6.76. The van der Waals surface area contributed by atoms with E-state index in [1.807, 2.05) is 35.2 Å². The van der Waals surface area contributed by atoms with Gasteiger partial charge in [0.1, 0.15) is 11.6 Å². The molecular weight excluding hydrogens is 362 g/mol. The Hall–Kier alpha value is -1.96. The Balaban J connectivity index is 2.33. The molecule has 2 N–H and O–H groups in total. The summed E-state index contributed by atoms with van der Waals surface area (Å²) in [5, 5.41) is 20.1. The molecule has 0 bridgehead atoms. The maximum Gasteiger partial charge on any atom is 0.323 e. The first-order valence-corrected chi connectivity index (χ1v) is 9.57. The molecule has 0 spiro atoms. The van der Waals surface area contributed by atoms with Crippen molar-refractivity contribution < 1.29 is 29.3 Å². The minimum atomic E-state index is -1.07. The van der Waals surface area contributed by atoms with Gasteiger partial charge >= 0.3 is 11.9 Å². The third kappa shape index (κ3) is 6.02. The third-order valence-corrected chi connectivity index (χ3v) is 4.76. The molecule has 0 aromatic heterocycles. The normalized spacial score (nSPS) is 24.0. The minimum Gasteiger partial charge on any atom is -0.466 e. The fraction of sp³-hybridized carbons (Fsp3) is 0.619. The summed E-state index contributed by atoms with van der Waals surface area (Å²) in [6, 6.07) is 8.45. The molecule has 1 aliphatic heterocycles. The van der Waals surface area contributed by atoms with E-state index in [9.17, 15) is 19.8 Å². The molecule has 7 nitrogen and oxygen atoms in total. The smallest absolute Gasteiger partial charge is 0.323 e. The minimum absolute atomic E-state index is 0.0711. The lowest BCUT2D eigenvalue weighted by molar-refractivity contribution is -0.161. The van der Waals surface area contributed by atoms with Gasteiger partial charge in [-0.1, -0.05) is 30.3 Å². The largest absolute Gasteiger partial charge is 0.466 e. The topological polar surface area (TPSA) is 96.3 Å². The van der Waals surface area contributed by atoms with E-state index in [0.717, 1.165) is 5.56 Å². The molecule has 0 aliphatic carbocycles. The van der Waals surface area contributed by atoms with Crippen LogP contribution in [-0.4, -0.2) is 64.1 Å². The first-order chi connectivity index (χ1) is 13.1. The fourth-order valence-electron chi connectivity index (χ4n) is 3.69. The van der Waals surface area contributed by atoms with Crippen LogP contribution in [0.3, 0.4) is 0 Å². The number of carbonyl (C=O) groups is 2.